The number of hydrogen-bond acceptors (Lipinski definition) is 3. The molecule has 152 valence electrons. The molecule has 0 spiro atoms. The number of rotatable bonds is 7. The van der Waals surface area contributed by atoms with Crippen LogP contribution in [0.4, 0.5) is 13.2 Å². The van der Waals surface area contributed by atoms with Crippen molar-refractivity contribution in [2.75, 3.05) is 6.54 Å². The molecular formula is C21H20F3N3O2. The number of benzene rings is 1. The molecule has 0 aliphatic heterocycles. The van der Waals surface area contributed by atoms with E-state index in [1.807, 2.05) is 11.4 Å². The largest absolute Gasteiger partial charge is 0.405 e. The van der Waals surface area contributed by atoms with Gasteiger partial charge in [-0.15, -0.1) is 0 Å². The maximum Gasteiger partial charge on any atom is 0.405 e. The number of pyridine rings is 1. The molecule has 0 saturated heterocycles. The van der Waals surface area contributed by atoms with Crippen molar-refractivity contribution in [2.24, 2.45) is 0 Å². The van der Waals surface area contributed by atoms with E-state index >= 15 is 0 Å². The smallest absolute Gasteiger partial charge is 0.343 e. The molecule has 8 heteroatoms. The lowest BCUT2D eigenvalue weighted by atomic mass is 10.1. The van der Waals surface area contributed by atoms with Crippen LogP contribution in [-0.4, -0.2) is 40.5 Å². The van der Waals surface area contributed by atoms with Crippen LogP contribution in [0.15, 0.2) is 54.9 Å². The van der Waals surface area contributed by atoms with Crippen molar-refractivity contribution in [1.29, 1.82) is 0 Å². The van der Waals surface area contributed by atoms with Gasteiger partial charge in [0, 0.05) is 36.6 Å². The van der Waals surface area contributed by atoms with Gasteiger partial charge in [0.15, 0.2) is 0 Å². The summed E-state index contributed by atoms with van der Waals surface area (Å²) < 4.78 is 36.6. The summed E-state index contributed by atoms with van der Waals surface area (Å²) in [7, 11) is 0. The average Bonchev–Trinajstić information content (AvgIpc) is 3.54. The molecule has 1 aromatic carbocycles. The van der Waals surface area contributed by atoms with E-state index in [9.17, 15) is 22.8 Å². The average molecular weight is 403 g/mol. The van der Waals surface area contributed by atoms with E-state index in [1.165, 1.54) is 18.2 Å². The Bertz CT molecular complexity index is 876. The molecule has 0 bridgehead atoms. The van der Waals surface area contributed by atoms with Crippen LogP contribution in [0.2, 0.25) is 0 Å². The number of carbonyl (C=O) groups excluding carboxylic acids is 2. The molecule has 1 aromatic heterocycles. The second kappa shape index (κ2) is 8.89. The zero-order valence-electron chi connectivity index (χ0n) is 15.5. The predicted molar refractivity (Wildman–Crippen MR) is 102 cm³/mol. The van der Waals surface area contributed by atoms with Gasteiger partial charge in [0.1, 0.15) is 6.54 Å². The van der Waals surface area contributed by atoms with Gasteiger partial charge in [-0.3, -0.25) is 14.6 Å². The van der Waals surface area contributed by atoms with Crippen LogP contribution >= 0.6 is 0 Å². The number of alkyl halides is 3. The van der Waals surface area contributed by atoms with Crippen LogP contribution in [0, 0.1) is 0 Å². The first-order valence-electron chi connectivity index (χ1n) is 9.14. The van der Waals surface area contributed by atoms with Gasteiger partial charge in [0.25, 0.3) is 5.91 Å². The normalized spacial score (nSPS) is 14.0. The third-order valence-electron chi connectivity index (χ3n) is 4.39. The Morgan fingerprint density at radius 3 is 2.48 bits per heavy atom. The lowest BCUT2D eigenvalue weighted by Gasteiger charge is -2.21. The molecule has 1 aliphatic rings. The van der Waals surface area contributed by atoms with E-state index in [1.54, 1.807) is 41.6 Å². The highest BCUT2D eigenvalue weighted by atomic mass is 19.4. The summed E-state index contributed by atoms with van der Waals surface area (Å²) in [5.74, 6) is -0.910. The Morgan fingerprint density at radius 1 is 1.17 bits per heavy atom. The molecule has 0 radical (unpaired) electrons. The molecule has 1 fully saturated rings. The number of aromatic nitrogens is 1. The highest BCUT2D eigenvalue weighted by molar-refractivity contribution is 5.94. The van der Waals surface area contributed by atoms with Crippen molar-refractivity contribution < 1.29 is 22.8 Å². The van der Waals surface area contributed by atoms with Gasteiger partial charge in [-0.2, -0.15) is 13.2 Å². The maximum atomic E-state index is 12.6. The minimum atomic E-state index is -4.45. The Hall–Kier alpha value is -3.16. The summed E-state index contributed by atoms with van der Waals surface area (Å²) in [6, 6.07) is 10.0. The molecule has 3 rings (SSSR count). The number of amides is 2. The molecule has 29 heavy (non-hydrogen) atoms. The molecule has 2 aromatic rings. The summed E-state index contributed by atoms with van der Waals surface area (Å²) in [5, 5.41) is 1.84. The van der Waals surface area contributed by atoms with E-state index in [2.05, 4.69) is 4.98 Å². The molecule has 1 aliphatic carbocycles. The Labute approximate surface area is 166 Å². The molecule has 0 atom stereocenters. The summed E-state index contributed by atoms with van der Waals surface area (Å²) in [5.41, 5.74) is 1.76. The zero-order valence-corrected chi connectivity index (χ0v) is 15.5. The number of nitrogens with one attached hydrogen (secondary N) is 1. The van der Waals surface area contributed by atoms with Gasteiger partial charge >= 0.3 is 6.18 Å². The van der Waals surface area contributed by atoms with Crippen molar-refractivity contribution >= 4 is 17.9 Å². The predicted octanol–water partition coefficient (Wildman–Crippen LogP) is 3.58. The number of carbonyl (C=O) groups is 2. The fourth-order valence-electron chi connectivity index (χ4n) is 2.75. The van der Waals surface area contributed by atoms with Gasteiger partial charge in [-0.1, -0.05) is 18.2 Å². The van der Waals surface area contributed by atoms with E-state index in [-0.39, 0.29) is 17.5 Å². The van der Waals surface area contributed by atoms with E-state index in [0.717, 1.165) is 24.0 Å². The van der Waals surface area contributed by atoms with Crippen LogP contribution in [-0.2, 0) is 11.3 Å². The maximum absolute atomic E-state index is 12.6. The molecule has 2 amide bonds. The van der Waals surface area contributed by atoms with Crippen LogP contribution in [0.5, 0.6) is 0 Å². The van der Waals surface area contributed by atoms with Gasteiger partial charge in [-0.25, -0.2) is 0 Å². The van der Waals surface area contributed by atoms with Crippen molar-refractivity contribution in [1.82, 2.24) is 15.2 Å². The van der Waals surface area contributed by atoms with E-state index < -0.39 is 18.6 Å². The van der Waals surface area contributed by atoms with Crippen LogP contribution < -0.4 is 5.32 Å². The van der Waals surface area contributed by atoms with Crippen molar-refractivity contribution in [2.45, 2.75) is 31.6 Å². The Balaban J connectivity index is 1.61. The highest BCUT2D eigenvalue weighted by Crippen LogP contribution is 2.29. The first-order valence-corrected chi connectivity index (χ1v) is 9.14. The third kappa shape index (κ3) is 6.44. The molecule has 0 unspecified atom stereocenters. The minimum Gasteiger partial charge on any atom is -0.343 e. The summed E-state index contributed by atoms with van der Waals surface area (Å²) >= 11 is 0. The minimum absolute atomic E-state index is 0.122. The second-order valence-electron chi connectivity index (χ2n) is 6.81. The van der Waals surface area contributed by atoms with Gasteiger partial charge in [-0.05, 0) is 48.2 Å². The summed E-state index contributed by atoms with van der Waals surface area (Å²) in [6.45, 7) is -1.01. The van der Waals surface area contributed by atoms with Crippen LogP contribution in [0.1, 0.15) is 34.3 Å². The molecule has 1 saturated carbocycles. The fourth-order valence-corrected chi connectivity index (χ4v) is 2.75. The van der Waals surface area contributed by atoms with Gasteiger partial charge in [0.05, 0.1) is 0 Å². The SMILES string of the molecule is O=C(NCC(F)(F)F)c1ccc(CN(C(=O)C=Cc2cccnc2)C2CC2)cc1. The second-order valence-corrected chi connectivity index (χ2v) is 6.81. The fraction of sp³-hybridized carbons (Fsp3) is 0.286. The number of nitrogens with zero attached hydrogens (tertiary/aromatic N) is 2. The topological polar surface area (TPSA) is 62.3 Å². The van der Waals surface area contributed by atoms with E-state index in [0.29, 0.717) is 6.54 Å². The molecule has 1 N–H and O–H groups in total. The highest BCUT2D eigenvalue weighted by Gasteiger charge is 2.31. The quantitative estimate of drug-likeness (QED) is 0.719. The van der Waals surface area contributed by atoms with Crippen molar-refractivity contribution in [3.63, 3.8) is 0 Å². The van der Waals surface area contributed by atoms with Crippen LogP contribution in [0.25, 0.3) is 6.08 Å². The molecule has 1 heterocycles. The molecule has 5 nitrogen and oxygen atoms in total. The standard InChI is InChI=1S/C21H20F3N3O2/c22-21(23,24)14-26-20(29)17-6-3-16(4-7-17)13-27(18-8-9-18)19(28)10-5-15-2-1-11-25-12-15/h1-7,10-12,18H,8-9,13-14H2,(H,26,29). The van der Waals surface area contributed by atoms with Crippen molar-refractivity contribution in [3.8, 4) is 0 Å². The van der Waals surface area contributed by atoms with Crippen LogP contribution in [0.3, 0.4) is 0 Å². The summed E-state index contributed by atoms with van der Waals surface area (Å²) in [6.07, 6.45) is 3.95. The first-order chi connectivity index (χ1) is 13.8. The zero-order chi connectivity index (χ0) is 20.9. The third-order valence-corrected chi connectivity index (χ3v) is 4.39. The Morgan fingerprint density at radius 2 is 1.90 bits per heavy atom. The van der Waals surface area contributed by atoms with Gasteiger partial charge < -0.3 is 10.2 Å². The lowest BCUT2D eigenvalue weighted by Crippen LogP contribution is -2.33. The number of hydrogen-bond donors (Lipinski definition) is 1. The first kappa shape index (κ1) is 20.6. The van der Waals surface area contributed by atoms with E-state index in [4.69, 9.17) is 0 Å². The lowest BCUT2D eigenvalue weighted by molar-refractivity contribution is -0.127. The van der Waals surface area contributed by atoms with Crippen molar-refractivity contribution in [3.05, 3.63) is 71.6 Å². The molecular weight excluding hydrogens is 383 g/mol. The Kier molecular flexibility index (Phi) is 6.31. The number of halogens is 3. The monoisotopic (exact) mass is 403 g/mol. The van der Waals surface area contributed by atoms with Gasteiger partial charge in [0.2, 0.25) is 5.91 Å². The summed E-state index contributed by atoms with van der Waals surface area (Å²) in [4.78, 5) is 30.1.